The molecule has 0 saturated heterocycles. The second-order valence-electron chi connectivity index (χ2n) is 4.09. The molecule has 0 aliphatic rings. The second-order valence-corrected chi connectivity index (χ2v) is 5.39. The van der Waals surface area contributed by atoms with E-state index in [-0.39, 0.29) is 0 Å². The second kappa shape index (κ2) is 8.78. The number of nitrogens with one attached hydrogen (secondary N) is 1. The Bertz CT molecular complexity index is 322. The zero-order valence-corrected chi connectivity index (χ0v) is 12.4. The van der Waals surface area contributed by atoms with E-state index in [0.29, 0.717) is 12.5 Å². The van der Waals surface area contributed by atoms with Crippen molar-refractivity contribution in [3.05, 3.63) is 28.7 Å². The summed E-state index contributed by atoms with van der Waals surface area (Å²) >= 11 is 9.09. The van der Waals surface area contributed by atoms with Gasteiger partial charge in [0.15, 0.2) is 0 Å². The molecule has 0 bridgehead atoms. The Hall–Kier alpha value is -0.250. The number of ether oxygens (including phenoxy) is 1. The normalized spacial score (nSPS) is 12.4. The Balaban J connectivity index is 2.08. The van der Waals surface area contributed by atoms with Crippen LogP contribution in [-0.4, -0.2) is 25.6 Å². The van der Waals surface area contributed by atoms with Crippen LogP contribution in [0.15, 0.2) is 28.7 Å². The molecular formula is C13H19BrClNO. The Morgan fingerprint density at radius 2 is 2.29 bits per heavy atom. The van der Waals surface area contributed by atoms with Gasteiger partial charge in [0.1, 0.15) is 12.4 Å². The van der Waals surface area contributed by atoms with Crippen LogP contribution in [0, 0.1) is 5.92 Å². The molecule has 0 saturated carbocycles. The van der Waals surface area contributed by atoms with Crippen LogP contribution in [0.3, 0.4) is 0 Å². The highest BCUT2D eigenvalue weighted by molar-refractivity contribution is 9.10. The maximum Gasteiger partial charge on any atom is 0.120 e. The van der Waals surface area contributed by atoms with E-state index in [1.165, 1.54) is 0 Å². The smallest absolute Gasteiger partial charge is 0.120 e. The lowest BCUT2D eigenvalue weighted by Gasteiger charge is -2.11. The van der Waals surface area contributed by atoms with Gasteiger partial charge in [-0.05, 0) is 37.1 Å². The molecule has 2 nitrogen and oxygen atoms in total. The summed E-state index contributed by atoms with van der Waals surface area (Å²) in [5.74, 6) is 2.26. The van der Waals surface area contributed by atoms with E-state index in [2.05, 4.69) is 28.2 Å². The van der Waals surface area contributed by atoms with E-state index in [0.717, 1.165) is 35.6 Å². The Morgan fingerprint density at radius 3 is 3.00 bits per heavy atom. The predicted molar refractivity (Wildman–Crippen MR) is 77.0 cm³/mol. The van der Waals surface area contributed by atoms with Gasteiger partial charge in [0.2, 0.25) is 0 Å². The number of hydrogen-bond donors (Lipinski definition) is 1. The highest BCUT2D eigenvalue weighted by Crippen LogP contribution is 2.17. The van der Waals surface area contributed by atoms with Gasteiger partial charge in [0.25, 0.3) is 0 Å². The molecule has 0 spiro atoms. The fourth-order valence-corrected chi connectivity index (χ4v) is 2.19. The number of hydrogen-bond acceptors (Lipinski definition) is 2. The number of alkyl halides is 1. The van der Waals surface area contributed by atoms with Gasteiger partial charge >= 0.3 is 0 Å². The van der Waals surface area contributed by atoms with Crippen LogP contribution in [0.2, 0.25) is 0 Å². The Morgan fingerprint density at radius 1 is 1.47 bits per heavy atom. The van der Waals surface area contributed by atoms with Gasteiger partial charge in [-0.3, -0.25) is 0 Å². The molecule has 1 atom stereocenters. The first-order chi connectivity index (χ1) is 8.22. The van der Waals surface area contributed by atoms with Crippen molar-refractivity contribution < 1.29 is 4.74 Å². The van der Waals surface area contributed by atoms with Gasteiger partial charge in [-0.1, -0.05) is 28.9 Å². The largest absolute Gasteiger partial charge is 0.492 e. The van der Waals surface area contributed by atoms with Crippen molar-refractivity contribution >= 4 is 27.5 Å². The maximum atomic E-state index is 5.67. The molecule has 0 radical (unpaired) electrons. The van der Waals surface area contributed by atoms with Crippen molar-refractivity contribution in [3.63, 3.8) is 0 Å². The lowest BCUT2D eigenvalue weighted by molar-refractivity contribution is 0.309. The number of benzene rings is 1. The molecule has 0 heterocycles. The molecule has 96 valence electrons. The van der Waals surface area contributed by atoms with E-state index >= 15 is 0 Å². The van der Waals surface area contributed by atoms with Gasteiger partial charge in [0, 0.05) is 16.9 Å². The summed E-state index contributed by atoms with van der Waals surface area (Å²) in [6.45, 7) is 4.74. The minimum Gasteiger partial charge on any atom is -0.492 e. The summed E-state index contributed by atoms with van der Waals surface area (Å²) in [5, 5.41) is 3.36. The van der Waals surface area contributed by atoms with Crippen LogP contribution in [0.25, 0.3) is 0 Å². The Labute approximate surface area is 117 Å². The fraction of sp³-hybridized carbons (Fsp3) is 0.538. The van der Waals surface area contributed by atoms with E-state index in [9.17, 15) is 0 Å². The van der Waals surface area contributed by atoms with Crippen molar-refractivity contribution in [1.82, 2.24) is 5.32 Å². The minimum atomic E-state index is 0.623. The van der Waals surface area contributed by atoms with Crippen molar-refractivity contribution in [2.75, 3.05) is 25.6 Å². The summed E-state index contributed by atoms with van der Waals surface area (Å²) in [6, 6.07) is 7.88. The third kappa shape index (κ3) is 6.92. The van der Waals surface area contributed by atoms with Crippen molar-refractivity contribution in [3.8, 4) is 5.75 Å². The summed E-state index contributed by atoms with van der Waals surface area (Å²) in [4.78, 5) is 0. The molecule has 1 aromatic rings. The van der Waals surface area contributed by atoms with Crippen LogP contribution in [-0.2, 0) is 0 Å². The predicted octanol–water partition coefficient (Wildman–Crippen LogP) is 3.68. The van der Waals surface area contributed by atoms with Gasteiger partial charge in [0.05, 0.1) is 0 Å². The van der Waals surface area contributed by atoms with E-state index in [1.807, 2.05) is 24.3 Å². The zero-order valence-electron chi connectivity index (χ0n) is 10.1. The average Bonchev–Trinajstić information content (AvgIpc) is 2.29. The molecule has 17 heavy (non-hydrogen) atoms. The first-order valence-corrected chi connectivity index (χ1v) is 7.20. The van der Waals surface area contributed by atoms with Crippen LogP contribution < -0.4 is 10.1 Å². The van der Waals surface area contributed by atoms with Crippen LogP contribution in [0.5, 0.6) is 5.75 Å². The molecule has 1 N–H and O–H groups in total. The van der Waals surface area contributed by atoms with Crippen LogP contribution in [0.1, 0.15) is 13.3 Å². The molecule has 4 heteroatoms. The molecule has 1 unspecified atom stereocenters. The third-order valence-electron chi connectivity index (χ3n) is 2.44. The average molecular weight is 321 g/mol. The minimum absolute atomic E-state index is 0.623. The lowest BCUT2D eigenvalue weighted by atomic mass is 10.1. The van der Waals surface area contributed by atoms with E-state index in [1.54, 1.807) is 0 Å². The van der Waals surface area contributed by atoms with Crippen molar-refractivity contribution in [1.29, 1.82) is 0 Å². The highest BCUT2D eigenvalue weighted by atomic mass is 79.9. The molecule has 0 aromatic heterocycles. The van der Waals surface area contributed by atoms with Gasteiger partial charge in [-0.15, -0.1) is 11.6 Å². The molecule has 1 aromatic carbocycles. The summed E-state index contributed by atoms with van der Waals surface area (Å²) < 4.78 is 6.65. The SMILES string of the molecule is CC(CCCl)CNCCOc1cccc(Br)c1. The maximum absolute atomic E-state index is 5.67. The van der Waals surface area contributed by atoms with Gasteiger partial charge in [-0.25, -0.2) is 0 Å². The monoisotopic (exact) mass is 319 g/mol. The highest BCUT2D eigenvalue weighted by Gasteiger charge is 2.00. The summed E-state index contributed by atoms with van der Waals surface area (Å²) in [6.07, 6.45) is 1.06. The van der Waals surface area contributed by atoms with Crippen molar-refractivity contribution in [2.24, 2.45) is 5.92 Å². The number of halogens is 2. The molecule has 0 aliphatic carbocycles. The first-order valence-electron chi connectivity index (χ1n) is 5.87. The fourth-order valence-electron chi connectivity index (χ4n) is 1.43. The third-order valence-corrected chi connectivity index (χ3v) is 3.15. The molecule has 0 aliphatic heterocycles. The lowest BCUT2D eigenvalue weighted by Crippen LogP contribution is -2.26. The van der Waals surface area contributed by atoms with Crippen molar-refractivity contribution in [2.45, 2.75) is 13.3 Å². The zero-order chi connectivity index (χ0) is 12.5. The molecular weight excluding hydrogens is 302 g/mol. The number of rotatable bonds is 8. The standard InChI is InChI=1S/C13H19BrClNO/c1-11(5-6-15)10-16-7-8-17-13-4-2-3-12(14)9-13/h2-4,9,11,16H,5-8,10H2,1H3. The van der Waals surface area contributed by atoms with E-state index < -0.39 is 0 Å². The van der Waals surface area contributed by atoms with Gasteiger partial charge in [-0.2, -0.15) is 0 Å². The summed E-state index contributed by atoms with van der Waals surface area (Å²) in [7, 11) is 0. The quantitative estimate of drug-likeness (QED) is 0.583. The first kappa shape index (κ1) is 14.8. The Kier molecular flexibility index (Phi) is 7.65. The molecule has 0 amide bonds. The van der Waals surface area contributed by atoms with Gasteiger partial charge < -0.3 is 10.1 Å². The van der Waals surface area contributed by atoms with E-state index in [4.69, 9.17) is 16.3 Å². The summed E-state index contributed by atoms with van der Waals surface area (Å²) in [5.41, 5.74) is 0. The topological polar surface area (TPSA) is 21.3 Å². The molecule has 0 fully saturated rings. The molecule has 1 rings (SSSR count). The van der Waals surface area contributed by atoms with Crippen LogP contribution in [0.4, 0.5) is 0 Å². The van der Waals surface area contributed by atoms with Crippen LogP contribution >= 0.6 is 27.5 Å².